The van der Waals surface area contributed by atoms with E-state index in [0.717, 1.165) is 31.4 Å². The molecule has 3 aromatic rings. The Kier molecular flexibility index (Phi) is 11.8. The number of hydrogen-bond donors (Lipinski definition) is 1. The molecule has 2 N–H and O–H groups in total. The lowest BCUT2D eigenvalue weighted by Crippen LogP contribution is -2.54. The van der Waals surface area contributed by atoms with E-state index in [0.29, 0.717) is 29.4 Å². The van der Waals surface area contributed by atoms with Crippen molar-refractivity contribution in [1.82, 2.24) is 29.3 Å². The van der Waals surface area contributed by atoms with Crippen LogP contribution < -0.4 is 5.73 Å². The number of aryl methyl sites for hydroxylation is 1. The molecule has 1 aliphatic heterocycles. The van der Waals surface area contributed by atoms with Crippen LogP contribution in [0.15, 0.2) is 18.7 Å². The third-order valence-electron chi connectivity index (χ3n) is 11.8. The summed E-state index contributed by atoms with van der Waals surface area (Å²) in [5.41, 5.74) is 8.51. The average Bonchev–Trinajstić information content (AvgIpc) is 3.68. The van der Waals surface area contributed by atoms with Crippen molar-refractivity contribution in [2.24, 2.45) is 0 Å². The van der Waals surface area contributed by atoms with Crippen molar-refractivity contribution >= 4 is 41.9 Å². The highest BCUT2D eigenvalue weighted by molar-refractivity contribution is 6.75. The number of imidazole rings is 1. The molecule has 1 saturated heterocycles. The molecule has 14 heteroatoms. The first-order valence-corrected chi connectivity index (χ1v) is 27.2. The predicted octanol–water partition coefficient (Wildman–Crippen LogP) is 9.16. The summed E-state index contributed by atoms with van der Waals surface area (Å²) in [6, 6.07) is 0. The Hall–Kier alpha value is -1.95. The maximum atomic E-state index is 7.37. The zero-order valence-corrected chi connectivity index (χ0v) is 37.0. The van der Waals surface area contributed by atoms with Gasteiger partial charge in [0.05, 0.1) is 24.7 Å². The van der Waals surface area contributed by atoms with E-state index < -0.39 is 37.3 Å². The van der Waals surface area contributed by atoms with E-state index in [1.54, 1.807) is 12.5 Å². The van der Waals surface area contributed by atoms with Gasteiger partial charge in [-0.25, -0.2) is 15.0 Å². The minimum absolute atomic E-state index is 0.0172. The van der Waals surface area contributed by atoms with Gasteiger partial charge in [0.15, 0.2) is 48.5 Å². The number of hydrogen-bond acceptors (Lipinski definition) is 9. The lowest BCUT2D eigenvalue weighted by molar-refractivity contribution is -0.0470. The Labute approximate surface area is 304 Å². The first-order chi connectivity index (χ1) is 22.8. The summed E-state index contributed by atoms with van der Waals surface area (Å²) in [5, 5.41) is 4.57. The molecule has 0 aliphatic carbocycles. The Morgan fingerprint density at radius 3 is 1.96 bits per heavy atom. The molecule has 282 valence electrons. The maximum Gasteiger partial charge on any atom is 0.192 e. The Balaban J connectivity index is 1.84. The lowest BCUT2D eigenvalue weighted by atomic mass is 10.1. The van der Waals surface area contributed by atoms with Crippen molar-refractivity contribution in [1.29, 1.82) is 0 Å². The molecular formula is C36H67N7O4Si3. The molecule has 0 aromatic carbocycles. The van der Waals surface area contributed by atoms with Gasteiger partial charge in [0.25, 0.3) is 0 Å². The predicted molar refractivity (Wildman–Crippen MR) is 212 cm³/mol. The Morgan fingerprint density at radius 1 is 0.820 bits per heavy atom. The van der Waals surface area contributed by atoms with E-state index in [2.05, 4.69) is 119 Å². The zero-order valence-electron chi connectivity index (χ0n) is 34.0. The van der Waals surface area contributed by atoms with Crippen molar-refractivity contribution in [3.63, 3.8) is 0 Å². The Morgan fingerprint density at radius 2 is 1.40 bits per heavy atom. The maximum absolute atomic E-state index is 7.37. The minimum Gasteiger partial charge on any atom is -0.414 e. The van der Waals surface area contributed by atoms with Crippen LogP contribution in [0, 0.1) is 0 Å². The summed E-state index contributed by atoms with van der Waals surface area (Å²) in [6.07, 6.45) is 7.21. The van der Waals surface area contributed by atoms with Crippen LogP contribution in [0.5, 0.6) is 0 Å². The largest absolute Gasteiger partial charge is 0.414 e. The fourth-order valence-corrected chi connectivity index (χ4v) is 8.87. The summed E-state index contributed by atoms with van der Waals surface area (Å²) in [5.74, 6) is 0.819. The number of nitrogens with two attached hydrogens (primary N) is 1. The molecule has 11 nitrogen and oxygen atoms in total. The van der Waals surface area contributed by atoms with Crippen LogP contribution in [0.1, 0.15) is 94.7 Å². The van der Waals surface area contributed by atoms with Crippen molar-refractivity contribution in [3.8, 4) is 11.4 Å². The molecule has 0 spiro atoms. The lowest BCUT2D eigenvalue weighted by Gasteiger charge is -2.44. The highest BCUT2D eigenvalue weighted by Crippen LogP contribution is 2.47. The summed E-state index contributed by atoms with van der Waals surface area (Å²) in [4.78, 5) is 14.4. The Bertz CT molecular complexity index is 1600. The van der Waals surface area contributed by atoms with Gasteiger partial charge in [-0.1, -0.05) is 82.1 Å². The standard InChI is InChI=1S/C36H67N7O4Si3/c1-17-18-19-20-42-22-25(21-39-42)31-40-30(37)27-32(41-31)43(24-38-27)33-29(47-50(15,16)36(8,9)10)28(46-49(13,14)35(5,6)7)26(45-33)23-44-48(11,12)34(2,3)4/h21-22,24,26,28-29,33H,17-20,23H2,1-16H3,(H2,37,40,41)/t26-,28-,29-,33-/m1/s1. The highest BCUT2D eigenvalue weighted by Gasteiger charge is 2.55. The molecule has 3 aromatic heterocycles. The number of fused-ring (bicyclic) bond motifs is 1. The summed E-state index contributed by atoms with van der Waals surface area (Å²) >= 11 is 0. The molecule has 0 unspecified atom stereocenters. The smallest absolute Gasteiger partial charge is 0.192 e. The third-order valence-corrected chi connectivity index (χ3v) is 25.2. The molecule has 1 fully saturated rings. The van der Waals surface area contributed by atoms with Crippen molar-refractivity contribution < 1.29 is 18.0 Å². The molecule has 1 aliphatic rings. The summed E-state index contributed by atoms with van der Waals surface area (Å²) in [6.45, 7) is 37.6. The van der Waals surface area contributed by atoms with Gasteiger partial charge in [0, 0.05) is 12.7 Å². The minimum atomic E-state index is -2.34. The highest BCUT2D eigenvalue weighted by atomic mass is 28.4. The van der Waals surface area contributed by atoms with E-state index in [1.807, 2.05) is 15.4 Å². The first-order valence-electron chi connectivity index (χ1n) is 18.5. The molecule has 50 heavy (non-hydrogen) atoms. The SMILES string of the molecule is CCCCCn1cc(-c2nc(N)c3ncn([C@@H]4O[C@H](CO[Si](C)(C)C(C)(C)C)[C@@H](O[Si](C)(C)C(C)(C)C)[C@H]4O[Si](C)(C)C(C)(C)C)c3n2)cn1. The molecule has 4 atom stereocenters. The number of unbranched alkanes of at least 4 members (excludes halogenated alkanes) is 2. The van der Waals surface area contributed by atoms with E-state index in [-0.39, 0.29) is 27.3 Å². The first kappa shape index (κ1) is 40.8. The molecule has 0 amide bonds. The van der Waals surface area contributed by atoms with Crippen LogP contribution >= 0.6 is 0 Å². The van der Waals surface area contributed by atoms with Gasteiger partial charge in [-0.05, 0) is 60.8 Å². The number of anilines is 1. The third kappa shape index (κ3) is 8.63. The van der Waals surface area contributed by atoms with Gasteiger partial charge >= 0.3 is 0 Å². The molecule has 0 radical (unpaired) electrons. The monoisotopic (exact) mass is 745 g/mol. The van der Waals surface area contributed by atoms with Crippen LogP contribution in [0.3, 0.4) is 0 Å². The fourth-order valence-electron chi connectivity index (χ4n) is 5.25. The van der Waals surface area contributed by atoms with Gasteiger partial charge in [-0.3, -0.25) is 9.25 Å². The van der Waals surface area contributed by atoms with Crippen molar-refractivity contribution in [3.05, 3.63) is 18.7 Å². The number of rotatable bonds is 13. The van der Waals surface area contributed by atoms with E-state index in [4.69, 9.17) is 33.7 Å². The summed E-state index contributed by atoms with van der Waals surface area (Å²) in [7, 11) is -6.74. The van der Waals surface area contributed by atoms with Gasteiger partial charge < -0.3 is 23.7 Å². The van der Waals surface area contributed by atoms with Crippen LogP contribution in [0.25, 0.3) is 22.6 Å². The molecule has 4 heterocycles. The normalized spacial score (nSPS) is 21.4. The van der Waals surface area contributed by atoms with Gasteiger partial charge in [-0.2, -0.15) is 5.10 Å². The topological polar surface area (TPSA) is 124 Å². The van der Waals surface area contributed by atoms with Crippen molar-refractivity contribution in [2.75, 3.05) is 12.3 Å². The number of nitrogens with zero attached hydrogens (tertiary/aromatic N) is 6. The second-order valence-electron chi connectivity index (χ2n) is 18.8. The zero-order chi connectivity index (χ0) is 37.7. The fraction of sp³-hybridized carbons (Fsp3) is 0.778. The van der Waals surface area contributed by atoms with Crippen molar-refractivity contribution in [2.45, 2.75) is 174 Å². The number of nitrogen functional groups attached to an aromatic ring is 1. The van der Waals surface area contributed by atoms with Crippen LogP contribution in [-0.4, -0.2) is 79.2 Å². The quantitative estimate of drug-likeness (QED) is 0.135. The van der Waals surface area contributed by atoms with E-state index in [9.17, 15) is 0 Å². The number of ether oxygens (including phenoxy) is 1. The van der Waals surface area contributed by atoms with Crippen LogP contribution in [0.4, 0.5) is 5.82 Å². The second kappa shape index (κ2) is 14.5. The van der Waals surface area contributed by atoms with Crippen LogP contribution in [0.2, 0.25) is 54.4 Å². The molecular weight excluding hydrogens is 679 g/mol. The van der Waals surface area contributed by atoms with Gasteiger partial charge in [-0.15, -0.1) is 0 Å². The van der Waals surface area contributed by atoms with E-state index >= 15 is 0 Å². The summed E-state index contributed by atoms with van der Waals surface area (Å²) < 4.78 is 32.6. The second-order valence-corrected chi connectivity index (χ2v) is 33.1. The van der Waals surface area contributed by atoms with Gasteiger partial charge in [0.1, 0.15) is 23.8 Å². The molecule has 0 saturated carbocycles. The van der Waals surface area contributed by atoms with E-state index in [1.165, 1.54) is 0 Å². The van der Waals surface area contributed by atoms with Crippen LogP contribution in [-0.2, 0) is 24.6 Å². The average molecular weight is 746 g/mol. The molecule has 4 rings (SSSR count). The molecule has 0 bridgehead atoms. The number of aromatic nitrogens is 6. The van der Waals surface area contributed by atoms with Gasteiger partial charge in [0.2, 0.25) is 0 Å².